The van der Waals surface area contributed by atoms with Gasteiger partial charge in [-0.05, 0) is 57.1 Å². The summed E-state index contributed by atoms with van der Waals surface area (Å²) in [5.41, 5.74) is 3.23. The van der Waals surface area contributed by atoms with Gasteiger partial charge < -0.3 is 9.42 Å². The van der Waals surface area contributed by atoms with Gasteiger partial charge in [-0.2, -0.15) is 0 Å². The van der Waals surface area contributed by atoms with Gasteiger partial charge in [-0.3, -0.25) is 9.78 Å². The van der Waals surface area contributed by atoms with E-state index in [9.17, 15) is 4.79 Å². The number of amides is 1. The maximum absolute atomic E-state index is 12.6. The van der Waals surface area contributed by atoms with Crippen molar-refractivity contribution >= 4 is 5.91 Å². The zero-order valence-corrected chi connectivity index (χ0v) is 14.5. The van der Waals surface area contributed by atoms with Crippen molar-refractivity contribution in [2.45, 2.75) is 46.0 Å². The van der Waals surface area contributed by atoms with Gasteiger partial charge in [-0.1, -0.05) is 11.2 Å². The molecule has 2 aromatic rings. The standard InChI is InChI=1S/C19H25N3O2/c1-14-18(15(2)24-21-14)7-8-19(23)22-10-4-6-17(13-22)11-16-5-3-9-20-12-16/h3,5,9,12,17H,4,6-8,10-11,13H2,1-2H3/t17-/m1/s1. The molecule has 1 atom stereocenters. The Balaban J connectivity index is 1.53. The van der Waals surface area contributed by atoms with Crippen LogP contribution in [0.2, 0.25) is 0 Å². The number of piperidine rings is 1. The van der Waals surface area contributed by atoms with Crippen LogP contribution in [-0.4, -0.2) is 34.0 Å². The molecule has 0 bridgehead atoms. The van der Waals surface area contributed by atoms with Crippen LogP contribution in [0.4, 0.5) is 0 Å². The molecular formula is C19H25N3O2. The van der Waals surface area contributed by atoms with Crippen LogP contribution in [0.5, 0.6) is 0 Å². The van der Waals surface area contributed by atoms with Crippen LogP contribution in [0, 0.1) is 19.8 Å². The number of pyridine rings is 1. The zero-order chi connectivity index (χ0) is 16.9. The Kier molecular flexibility index (Phi) is 5.28. The van der Waals surface area contributed by atoms with Crippen LogP contribution < -0.4 is 0 Å². The molecule has 2 aromatic heterocycles. The van der Waals surface area contributed by atoms with Crippen molar-refractivity contribution in [1.29, 1.82) is 0 Å². The zero-order valence-electron chi connectivity index (χ0n) is 14.5. The van der Waals surface area contributed by atoms with Gasteiger partial charge in [0, 0.05) is 37.5 Å². The van der Waals surface area contributed by atoms with E-state index in [4.69, 9.17) is 4.52 Å². The lowest BCUT2D eigenvalue weighted by molar-refractivity contribution is -0.132. The van der Waals surface area contributed by atoms with Gasteiger partial charge >= 0.3 is 0 Å². The molecular weight excluding hydrogens is 302 g/mol. The number of likely N-dealkylation sites (tertiary alicyclic amines) is 1. The summed E-state index contributed by atoms with van der Waals surface area (Å²) in [5, 5.41) is 3.96. The molecule has 1 aliphatic rings. The average molecular weight is 327 g/mol. The van der Waals surface area contributed by atoms with Crippen LogP contribution in [0.1, 0.15) is 41.8 Å². The fourth-order valence-electron chi connectivity index (χ4n) is 3.56. The molecule has 0 spiro atoms. The molecule has 0 radical (unpaired) electrons. The monoisotopic (exact) mass is 327 g/mol. The van der Waals surface area contributed by atoms with Gasteiger partial charge in [0.2, 0.25) is 5.91 Å². The van der Waals surface area contributed by atoms with Crippen molar-refractivity contribution in [2.75, 3.05) is 13.1 Å². The second kappa shape index (κ2) is 7.60. The number of hydrogen-bond acceptors (Lipinski definition) is 4. The molecule has 0 unspecified atom stereocenters. The molecule has 1 aliphatic heterocycles. The molecule has 1 amide bonds. The third kappa shape index (κ3) is 4.02. The minimum Gasteiger partial charge on any atom is -0.361 e. The molecule has 5 heteroatoms. The Bertz CT molecular complexity index is 662. The van der Waals surface area contributed by atoms with Crippen molar-refractivity contribution in [1.82, 2.24) is 15.0 Å². The fraction of sp³-hybridized carbons (Fsp3) is 0.526. The molecule has 0 saturated carbocycles. The SMILES string of the molecule is Cc1noc(C)c1CCC(=O)N1CCC[C@H](Cc2cccnc2)C1. The van der Waals surface area contributed by atoms with E-state index in [1.807, 2.05) is 31.0 Å². The molecule has 128 valence electrons. The predicted octanol–water partition coefficient (Wildman–Crippen LogP) is 3.10. The van der Waals surface area contributed by atoms with E-state index >= 15 is 0 Å². The van der Waals surface area contributed by atoms with Gasteiger partial charge in [-0.25, -0.2) is 0 Å². The number of nitrogens with zero attached hydrogens (tertiary/aromatic N) is 3. The lowest BCUT2D eigenvalue weighted by atomic mass is 9.91. The maximum Gasteiger partial charge on any atom is 0.222 e. The van der Waals surface area contributed by atoms with E-state index in [-0.39, 0.29) is 5.91 Å². The summed E-state index contributed by atoms with van der Waals surface area (Å²) in [6.07, 6.45) is 8.24. The summed E-state index contributed by atoms with van der Waals surface area (Å²) in [4.78, 5) is 18.8. The highest BCUT2D eigenvalue weighted by Gasteiger charge is 2.24. The highest BCUT2D eigenvalue weighted by atomic mass is 16.5. The number of rotatable bonds is 5. The van der Waals surface area contributed by atoms with E-state index in [1.54, 1.807) is 6.20 Å². The summed E-state index contributed by atoms with van der Waals surface area (Å²) < 4.78 is 5.18. The maximum atomic E-state index is 12.6. The number of aryl methyl sites for hydroxylation is 2. The number of hydrogen-bond donors (Lipinski definition) is 0. The quantitative estimate of drug-likeness (QED) is 0.847. The van der Waals surface area contributed by atoms with Crippen LogP contribution in [-0.2, 0) is 17.6 Å². The largest absolute Gasteiger partial charge is 0.361 e. The molecule has 1 saturated heterocycles. The lowest BCUT2D eigenvalue weighted by Gasteiger charge is -2.33. The third-order valence-corrected chi connectivity index (χ3v) is 4.89. The summed E-state index contributed by atoms with van der Waals surface area (Å²) >= 11 is 0. The van der Waals surface area contributed by atoms with Crippen molar-refractivity contribution < 1.29 is 9.32 Å². The van der Waals surface area contributed by atoms with Gasteiger partial charge in [0.05, 0.1) is 5.69 Å². The predicted molar refractivity (Wildman–Crippen MR) is 91.5 cm³/mol. The van der Waals surface area contributed by atoms with Gasteiger partial charge in [-0.15, -0.1) is 0 Å². The normalized spacial score (nSPS) is 17.9. The van der Waals surface area contributed by atoms with Crippen LogP contribution >= 0.6 is 0 Å². The Morgan fingerprint density at radius 3 is 3.00 bits per heavy atom. The molecule has 0 aliphatic carbocycles. The number of aromatic nitrogens is 2. The molecule has 3 heterocycles. The second-order valence-electron chi connectivity index (χ2n) is 6.72. The first kappa shape index (κ1) is 16.7. The first-order valence-electron chi connectivity index (χ1n) is 8.72. The van der Waals surface area contributed by atoms with Gasteiger partial charge in [0.1, 0.15) is 5.76 Å². The first-order valence-corrected chi connectivity index (χ1v) is 8.72. The van der Waals surface area contributed by atoms with Crippen molar-refractivity contribution in [2.24, 2.45) is 5.92 Å². The van der Waals surface area contributed by atoms with Crippen LogP contribution in [0.3, 0.4) is 0 Å². The Morgan fingerprint density at radius 1 is 1.42 bits per heavy atom. The van der Waals surface area contributed by atoms with E-state index in [2.05, 4.69) is 16.2 Å². The summed E-state index contributed by atoms with van der Waals surface area (Å²) in [6, 6.07) is 4.09. The second-order valence-corrected chi connectivity index (χ2v) is 6.72. The Morgan fingerprint density at radius 2 is 2.29 bits per heavy atom. The van der Waals surface area contributed by atoms with Crippen LogP contribution in [0.25, 0.3) is 0 Å². The first-order chi connectivity index (χ1) is 11.6. The van der Waals surface area contributed by atoms with Crippen molar-refractivity contribution in [3.63, 3.8) is 0 Å². The van der Waals surface area contributed by atoms with Gasteiger partial charge in [0.25, 0.3) is 0 Å². The minimum absolute atomic E-state index is 0.242. The van der Waals surface area contributed by atoms with E-state index in [0.717, 1.165) is 42.9 Å². The number of carbonyl (C=O) groups excluding carboxylic acids is 1. The smallest absolute Gasteiger partial charge is 0.222 e. The highest BCUT2D eigenvalue weighted by Crippen LogP contribution is 2.22. The van der Waals surface area contributed by atoms with E-state index in [1.165, 1.54) is 12.0 Å². The van der Waals surface area contributed by atoms with Gasteiger partial charge in [0.15, 0.2) is 0 Å². The summed E-state index contributed by atoms with van der Waals surface area (Å²) in [5.74, 6) is 1.60. The van der Waals surface area contributed by atoms with E-state index < -0.39 is 0 Å². The lowest BCUT2D eigenvalue weighted by Crippen LogP contribution is -2.40. The Hall–Kier alpha value is -2.17. The topological polar surface area (TPSA) is 59.2 Å². The van der Waals surface area contributed by atoms with Crippen LogP contribution in [0.15, 0.2) is 29.0 Å². The van der Waals surface area contributed by atoms with Crippen molar-refractivity contribution in [3.05, 3.63) is 47.1 Å². The fourth-order valence-corrected chi connectivity index (χ4v) is 3.56. The molecule has 1 fully saturated rings. The molecule has 5 nitrogen and oxygen atoms in total. The average Bonchev–Trinajstić information content (AvgIpc) is 2.92. The summed E-state index contributed by atoms with van der Waals surface area (Å²) in [7, 11) is 0. The highest BCUT2D eigenvalue weighted by molar-refractivity contribution is 5.76. The van der Waals surface area contributed by atoms with E-state index in [0.29, 0.717) is 18.8 Å². The molecule has 3 rings (SSSR count). The third-order valence-electron chi connectivity index (χ3n) is 4.89. The molecule has 24 heavy (non-hydrogen) atoms. The molecule has 0 N–H and O–H groups in total. The minimum atomic E-state index is 0.242. The van der Waals surface area contributed by atoms with Crippen molar-refractivity contribution in [3.8, 4) is 0 Å². The summed E-state index contributed by atoms with van der Waals surface area (Å²) in [6.45, 7) is 5.57. The molecule has 0 aromatic carbocycles. The number of carbonyl (C=O) groups is 1. The Labute approximate surface area is 143 Å².